The number of carbonyl (C=O) groups excluding carboxylic acids is 1. The van der Waals surface area contributed by atoms with Gasteiger partial charge in [-0.25, -0.2) is 13.6 Å². The Morgan fingerprint density at radius 3 is 2.59 bits per heavy atom. The highest BCUT2D eigenvalue weighted by Crippen LogP contribution is 2.26. The second-order valence-corrected chi connectivity index (χ2v) is 6.47. The van der Waals surface area contributed by atoms with Gasteiger partial charge in [0.05, 0.1) is 18.5 Å². The van der Waals surface area contributed by atoms with E-state index in [2.05, 4.69) is 0 Å². The standard InChI is InChI=1S/C15H18N2O4S/c1-3-14(18)11-6-7-13(15(9-11)22(16,19)20)17(2)10-12-5-4-8-21-12/h4-9H,3,10H2,1-2H3,(H2,16,19,20). The lowest BCUT2D eigenvalue weighted by Gasteiger charge is -2.21. The lowest BCUT2D eigenvalue weighted by molar-refractivity contribution is 0.0988. The summed E-state index contributed by atoms with van der Waals surface area (Å²) in [7, 11) is -2.22. The number of Topliss-reactive ketones (excluding diaryl/α,β-unsaturated/α-hetero) is 1. The molecule has 0 fully saturated rings. The average molecular weight is 322 g/mol. The Kier molecular flexibility index (Phi) is 4.68. The van der Waals surface area contributed by atoms with Crippen molar-refractivity contribution >= 4 is 21.5 Å². The van der Waals surface area contributed by atoms with Gasteiger partial charge in [-0.2, -0.15) is 0 Å². The Bertz CT molecular complexity index is 767. The molecule has 0 bridgehead atoms. The van der Waals surface area contributed by atoms with Gasteiger partial charge in [0.1, 0.15) is 10.7 Å². The monoisotopic (exact) mass is 322 g/mol. The average Bonchev–Trinajstić information content (AvgIpc) is 2.97. The van der Waals surface area contributed by atoms with Crippen molar-refractivity contribution in [3.8, 4) is 0 Å². The molecule has 2 aromatic rings. The van der Waals surface area contributed by atoms with E-state index >= 15 is 0 Å². The molecule has 7 heteroatoms. The summed E-state index contributed by atoms with van der Waals surface area (Å²) < 4.78 is 28.9. The molecule has 0 aliphatic rings. The van der Waals surface area contributed by atoms with E-state index in [-0.39, 0.29) is 10.7 Å². The van der Waals surface area contributed by atoms with Gasteiger partial charge in [0.15, 0.2) is 5.78 Å². The van der Waals surface area contributed by atoms with Gasteiger partial charge in [-0.1, -0.05) is 6.92 Å². The largest absolute Gasteiger partial charge is 0.467 e. The molecule has 2 rings (SSSR count). The zero-order valence-electron chi connectivity index (χ0n) is 12.4. The second-order valence-electron chi connectivity index (χ2n) is 4.94. The predicted octanol–water partition coefficient (Wildman–Crippen LogP) is 2.16. The summed E-state index contributed by atoms with van der Waals surface area (Å²) in [6.45, 7) is 2.10. The van der Waals surface area contributed by atoms with E-state index in [9.17, 15) is 13.2 Å². The van der Waals surface area contributed by atoms with Crippen LogP contribution in [0.1, 0.15) is 29.5 Å². The van der Waals surface area contributed by atoms with Crippen molar-refractivity contribution in [2.24, 2.45) is 5.14 Å². The van der Waals surface area contributed by atoms with Crippen LogP contribution in [0.5, 0.6) is 0 Å². The maximum atomic E-state index is 11.8. The molecular formula is C15H18N2O4S. The first kappa shape index (κ1) is 16.3. The topological polar surface area (TPSA) is 93.6 Å². The SMILES string of the molecule is CCC(=O)c1ccc(N(C)Cc2ccco2)c(S(N)(=O)=O)c1. The van der Waals surface area contributed by atoms with E-state index < -0.39 is 10.0 Å². The summed E-state index contributed by atoms with van der Waals surface area (Å²) in [4.78, 5) is 13.4. The number of furan rings is 1. The Morgan fingerprint density at radius 1 is 1.32 bits per heavy atom. The van der Waals surface area contributed by atoms with Crippen LogP contribution < -0.4 is 10.0 Å². The Labute approximate surface area is 129 Å². The fraction of sp³-hybridized carbons (Fsp3) is 0.267. The molecule has 1 aromatic heterocycles. The van der Waals surface area contributed by atoms with Crippen LogP contribution in [0.25, 0.3) is 0 Å². The van der Waals surface area contributed by atoms with Gasteiger partial charge in [-0.3, -0.25) is 4.79 Å². The van der Waals surface area contributed by atoms with Crippen molar-refractivity contribution < 1.29 is 17.6 Å². The van der Waals surface area contributed by atoms with Crippen molar-refractivity contribution in [1.29, 1.82) is 0 Å². The van der Waals surface area contributed by atoms with Gasteiger partial charge in [-0.05, 0) is 30.3 Å². The number of hydrogen-bond donors (Lipinski definition) is 1. The van der Waals surface area contributed by atoms with E-state index in [0.29, 0.717) is 30.0 Å². The molecule has 0 saturated heterocycles. The first-order chi connectivity index (χ1) is 10.3. The highest BCUT2D eigenvalue weighted by Gasteiger charge is 2.19. The van der Waals surface area contributed by atoms with Crippen molar-refractivity contribution in [2.75, 3.05) is 11.9 Å². The number of nitrogens with two attached hydrogens (primary N) is 1. The van der Waals surface area contributed by atoms with Crippen LogP contribution in [-0.2, 0) is 16.6 Å². The third kappa shape index (κ3) is 3.55. The molecule has 1 aromatic carbocycles. The molecule has 0 aliphatic carbocycles. The third-order valence-electron chi connectivity index (χ3n) is 3.29. The molecule has 1 heterocycles. The second kappa shape index (κ2) is 6.33. The van der Waals surface area contributed by atoms with Crippen molar-refractivity contribution in [3.63, 3.8) is 0 Å². The van der Waals surface area contributed by atoms with Crippen LogP contribution in [0.15, 0.2) is 45.9 Å². The minimum atomic E-state index is -3.95. The number of primary sulfonamides is 1. The summed E-state index contributed by atoms with van der Waals surface area (Å²) in [5.74, 6) is 0.557. The summed E-state index contributed by atoms with van der Waals surface area (Å²) >= 11 is 0. The van der Waals surface area contributed by atoms with Crippen LogP contribution in [0, 0.1) is 0 Å². The van der Waals surface area contributed by atoms with Crippen LogP contribution in [-0.4, -0.2) is 21.2 Å². The van der Waals surface area contributed by atoms with E-state index in [1.54, 1.807) is 49.4 Å². The summed E-state index contributed by atoms with van der Waals surface area (Å²) in [6, 6.07) is 8.07. The summed E-state index contributed by atoms with van der Waals surface area (Å²) in [5.41, 5.74) is 0.758. The van der Waals surface area contributed by atoms with Gasteiger partial charge < -0.3 is 9.32 Å². The number of hydrogen-bond acceptors (Lipinski definition) is 5. The maximum absolute atomic E-state index is 11.8. The molecule has 0 amide bonds. The number of benzene rings is 1. The number of carbonyl (C=O) groups is 1. The zero-order valence-corrected chi connectivity index (χ0v) is 13.3. The molecule has 0 radical (unpaired) electrons. The number of anilines is 1. The van der Waals surface area contributed by atoms with Crippen molar-refractivity contribution in [2.45, 2.75) is 24.8 Å². The molecule has 6 nitrogen and oxygen atoms in total. The normalized spacial score (nSPS) is 11.4. The number of nitrogens with zero attached hydrogens (tertiary/aromatic N) is 1. The lowest BCUT2D eigenvalue weighted by atomic mass is 10.1. The third-order valence-corrected chi connectivity index (χ3v) is 4.23. The van der Waals surface area contributed by atoms with E-state index in [0.717, 1.165) is 0 Å². The predicted molar refractivity (Wildman–Crippen MR) is 83.3 cm³/mol. The molecule has 0 spiro atoms. The minimum absolute atomic E-state index is 0.0687. The molecule has 0 saturated carbocycles. The quantitative estimate of drug-likeness (QED) is 0.823. The Hall–Kier alpha value is -2.12. The van der Waals surface area contributed by atoms with Crippen LogP contribution in [0.4, 0.5) is 5.69 Å². The molecular weight excluding hydrogens is 304 g/mol. The molecule has 0 unspecified atom stereocenters. The first-order valence-corrected chi connectivity index (χ1v) is 8.31. The molecule has 2 N–H and O–H groups in total. The van der Waals surface area contributed by atoms with E-state index in [1.165, 1.54) is 6.07 Å². The van der Waals surface area contributed by atoms with Crippen LogP contribution >= 0.6 is 0 Å². The molecule has 22 heavy (non-hydrogen) atoms. The van der Waals surface area contributed by atoms with Gasteiger partial charge in [0, 0.05) is 19.0 Å². The summed E-state index contributed by atoms with van der Waals surface area (Å²) in [6.07, 6.45) is 1.85. The van der Waals surface area contributed by atoms with Crippen molar-refractivity contribution in [3.05, 3.63) is 47.9 Å². The van der Waals surface area contributed by atoms with Gasteiger partial charge in [0.2, 0.25) is 10.0 Å². The maximum Gasteiger partial charge on any atom is 0.240 e. The van der Waals surface area contributed by atoms with Crippen LogP contribution in [0.3, 0.4) is 0 Å². The number of sulfonamides is 1. The minimum Gasteiger partial charge on any atom is -0.467 e. The molecule has 118 valence electrons. The van der Waals surface area contributed by atoms with Gasteiger partial charge in [0.25, 0.3) is 0 Å². The fourth-order valence-electron chi connectivity index (χ4n) is 2.16. The van der Waals surface area contributed by atoms with E-state index in [4.69, 9.17) is 9.56 Å². The number of ketones is 1. The highest BCUT2D eigenvalue weighted by molar-refractivity contribution is 7.89. The fourth-order valence-corrected chi connectivity index (χ4v) is 2.96. The van der Waals surface area contributed by atoms with Crippen molar-refractivity contribution in [1.82, 2.24) is 0 Å². The molecule has 0 atom stereocenters. The molecule has 0 aliphatic heterocycles. The van der Waals surface area contributed by atoms with Gasteiger partial charge >= 0.3 is 0 Å². The first-order valence-electron chi connectivity index (χ1n) is 6.76. The smallest absolute Gasteiger partial charge is 0.240 e. The van der Waals surface area contributed by atoms with Crippen LogP contribution in [0.2, 0.25) is 0 Å². The summed E-state index contributed by atoms with van der Waals surface area (Å²) in [5, 5.41) is 5.29. The lowest BCUT2D eigenvalue weighted by Crippen LogP contribution is -2.22. The highest BCUT2D eigenvalue weighted by atomic mass is 32.2. The Morgan fingerprint density at radius 2 is 2.05 bits per heavy atom. The Balaban J connectivity index is 2.44. The number of rotatable bonds is 6. The zero-order chi connectivity index (χ0) is 16.3. The van der Waals surface area contributed by atoms with Gasteiger partial charge in [-0.15, -0.1) is 0 Å². The van der Waals surface area contributed by atoms with E-state index in [1.807, 2.05) is 0 Å².